The molecule has 1 saturated heterocycles. The Labute approximate surface area is 161 Å². The first-order chi connectivity index (χ1) is 13.1. The van der Waals surface area contributed by atoms with Gasteiger partial charge < -0.3 is 9.80 Å². The number of nitrogens with zero attached hydrogens (tertiary/aromatic N) is 2. The summed E-state index contributed by atoms with van der Waals surface area (Å²) in [7, 11) is 2.15. The summed E-state index contributed by atoms with van der Waals surface area (Å²) in [5, 5.41) is 0. The molecule has 3 nitrogen and oxygen atoms in total. The first-order valence-corrected chi connectivity index (χ1v) is 9.85. The minimum Gasteiger partial charge on any atom is -0.342 e. The third-order valence-electron chi connectivity index (χ3n) is 5.43. The van der Waals surface area contributed by atoms with Gasteiger partial charge in [0.05, 0.1) is 6.42 Å². The molecule has 0 bridgehead atoms. The van der Waals surface area contributed by atoms with Gasteiger partial charge in [0.15, 0.2) is 0 Å². The van der Waals surface area contributed by atoms with Gasteiger partial charge in [0, 0.05) is 13.1 Å². The van der Waals surface area contributed by atoms with Gasteiger partial charge in [0.2, 0.25) is 5.91 Å². The Bertz CT molecular complexity index is 726. The van der Waals surface area contributed by atoms with Crippen molar-refractivity contribution in [3.8, 4) is 0 Å². The maximum atomic E-state index is 13.5. The van der Waals surface area contributed by atoms with Crippen LogP contribution < -0.4 is 0 Å². The quantitative estimate of drug-likeness (QED) is 0.743. The highest BCUT2D eigenvalue weighted by Gasteiger charge is 2.22. The zero-order chi connectivity index (χ0) is 19.1. The van der Waals surface area contributed by atoms with Gasteiger partial charge in [-0.1, -0.05) is 42.5 Å². The number of rotatable bonds is 7. The molecule has 0 saturated carbocycles. The summed E-state index contributed by atoms with van der Waals surface area (Å²) in [6, 6.07) is 16.7. The molecule has 2 aromatic carbocycles. The van der Waals surface area contributed by atoms with Gasteiger partial charge in [-0.3, -0.25) is 4.79 Å². The van der Waals surface area contributed by atoms with Crippen molar-refractivity contribution >= 4 is 5.91 Å². The van der Waals surface area contributed by atoms with E-state index < -0.39 is 0 Å². The van der Waals surface area contributed by atoms with Crippen LogP contribution in [0.15, 0.2) is 54.6 Å². The molecule has 27 heavy (non-hydrogen) atoms. The molecular formula is C23H29FN2O. The minimum absolute atomic E-state index is 0.0930. The van der Waals surface area contributed by atoms with Crippen LogP contribution in [0.1, 0.15) is 24.0 Å². The molecule has 4 heteroatoms. The third kappa shape index (κ3) is 6.17. The van der Waals surface area contributed by atoms with Gasteiger partial charge in [-0.05, 0) is 68.6 Å². The Morgan fingerprint density at radius 1 is 1.07 bits per heavy atom. The predicted octanol–water partition coefficient (Wildman–Crippen LogP) is 3.78. The Morgan fingerprint density at radius 3 is 2.48 bits per heavy atom. The second kappa shape index (κ2) is 9.65. The lowest BCUT2D eigenvalue weighted by Gasteiger charge is -2.33. The van der Waals surface area contributed by atoms with Crippen molar-refractivity contribution in [3.05, 3.63) is 71.5 Å². The van der Waals surface area contributed by atoms with Crippen LogP contribution in [-0.4, -0.2) is 48.9 Å². The predicted molar refractivity (Wildman–Crippen MR) is 107 cm³/mol. The fraction of sp³-hybridized carbons (Fsp3) is 0.435. The molecule has 0 N–H and O–H groups in total. The molecule has 0 aromatic heterocycles. The Kier molecular flexibility index (Phi) is 6.99. The van der Waals surface area contributed by atoms with Crippen LogP contribution in [0.3, 0.4) is 0 Å². The number of likely N-dealkylation sites (tertiary alicyclic amines) is 1. The van der Waals surface area contributed by atoms with E-state index in [2.05, 4.69) is 24.1 Å². The molecule has 3 rings (SSSR count). The molecule has 0 spiro atoms. The van der Waals surface area contributed by atoms with E-state index in [1.807, 2.05) is 29.2 Å². The fourth-order valence-corrected chi connectivity index (χ4v) is 3.72. The van der Waals surface area contributed by atoms with E-state index >= 15 is 0 Å². The average Bonchev–Trinajstić information content (AvgIpc) is 2.67. The van der Waals surface area contributed by atoms with Crippen LogP contribution in [-0.2, 0) is 17.6 Å². The summed E-state index contributed by atoms with van der Waals surface area (Å²) < 4.78 is 13.5. The van der Waals surface area contributed by atoms with Crippen LogP contribution in [0, 0.1) is 11.7 Å². The van der Waals surface area contributed by atoms with Gasteiger partial charge in [0.1, 0.15) is 5.82 Å². The van der Waals surface area contributed by atoms with Gasteiger partial charge in [-0.25, -0.2) is 4.39 Å². The topological polar surface area (TPSA) is 23.6 Å². The normalized spacial score (nSPS) is 15.6. The van der Waals surface area contributed by atoms with Gasteiger partial charge >= 0.3 is 0 Å². The van der Waals surface area contributed by atoms with Crippen molar-refractivity contribution in [1.82, 2.24) is 9.80 Å². The standard InChI is InChI=1S/C23H29FN2O/c1-25-13-10-20(11-14-25)18-26(15-12-19-6-3-2-4-7-19)23(27)17-21-8-5-9-22(24)16-21/h2-9,16,20H,10-15,17-18H2,1H3. The van der Waals surface area contributed by atoms with Gasteiger partial charge in [0.25, 0.3) is 0 Å². The maximum absolute atomic E-state index is 13.5. The molecule has 1 amide bonds. The molecule has 1 aliphatic rings. The van der Waals surface area contributed by atoms with Gasteiger partial charge in [-0.2, -0.15) is 0 Å². The van der Waals surface area contributed by atoms with Crippen LogP contribution in [0.2, 0.25) is 0 Å². The van der Waals surface area contributed by atoms with Crippen molar-refractivity contribution in [2.45, 2.75) is 25.7 Å². The van der Waals surface area contributed by atoms with E-state index in [1.54, 1.807) is 6.07 Å². The number of amides is 1. The largest absolute Gasteiger partial charge is 0.342 e. The number of carbonyl (C=O) groups excluding carboxylic acids is 1. The molecule has 2 aromatic rings. The first kappa shape index (κ1) is 19.6. The lowest BCUT2D eigenvalue weighted by Crippen LogP contribution is -2.41. The SMILES string of the molecule is CN1CCC(CN(CCc2ccccc2)C(=O)Cc2cccc(F)c2)CC1. The summed E-state index contributed by atoms with van der Waals surface area (Å²) in [4.78, 5) is 17.3. The molecule has 0 radical (unpaired) electrons. The summed E-state index contributed by atoms with van der Waals surface area (Å²) in [5.41, 5.74) is 1.98. The number of hydrogen-bond donors (Lipinski definition) is 0. The summed E-state index contributed by atoms with van der Waals surface area (Å²) in [6.07, 6.45) is 3.37. The van der Waals surface area contributed by atoms with E-state index in [0.717, 1.165) is 44.5 Å². The van der Waals surface area contributed by atoms with Crippen LogP contribution in [0.4, 0.5) is 4.39 Å². The molecule has 0 aliphatic carbocycles. The van der Waals surface area contributed by atoms with Crippen LogP contribution in [0.5, 0.6) is 0 Å². The highest BCUT2D eigenvalue weighted by atomic mass is 19.1. The Balaban J connectivity index is 1.64. The zero-order valence-corrected chi connectivity index (χ0v) is 16.1. The fourth-order valence-electron chi connectivity index (χ4n) is 3.72. The van der Waals surface area contributed by atoms with Crippen molar-refractivity contribution in [3.63, 3.8) is 0 Å². The first-order valence-electron chi connectivity index (χ1n) is 9.85. The number of benzene rings is 2. The third-order valence-corrected chi connectivity index (χ3v) is 5.43. The van der Waals surface area contributed by atoms with E-state index in [1.165, 1.54) is 17.7 Å². The lowest BCUT2D eigenvalue weighted by atomic mass is 9.96. The van der Waals surface area contributed by atoms with E-state index in [0.29, 0.717) is 12.5 Å². The van der Waals surface area contributed by atoms with Crippen LogP contribution >= 0.6 is 0 Å². The molecule has 1 aliphatic heterocycles. The Hall–Kier alpha value is -2.20. The lowest BCUT2D eigenvalue weighted by molar-refractivity contribution is -0.131. The number of halogens is 1. The zero-order valence-electron chi connectivity index (χ0n) is 16.1. The van der Waals surface area contributed by atoms with Crippen molar-refractivity contribution in [2.75, 3.05) is 33.2 Å². The molecular weight excluding hydrogens is 339 g/mol. The second-order valence-corrected chi connectivity index (χ2v) is 7.63. The molecule has 0 unspecified atom stereocenters. The molecule has 1 heterocycles. The van der Waals surface area contributed by atoms with E-state index in [9.17, 15) is 9.18 Å². The van der Waals surface area contributed by atoms with Crippen molar-refractivity contribution in [2.24, 2.45) is 5.92 Å². The van der Waals surface area contributed by atoms with E-state index in [-0.39, 0.29) is 18.1 Å². The molecule has 144 valence electrons. The van der Waals surface area contributed by atoms with E-state index in [4.69, 9.17) is 0 Å². The average molecular weight is 368 g/mol. The molecule has 1 fully saturated rings. The Morgan fingerprint density at radius 2 is 1.78 bits per heavy atom. The number of hydrogen-bond acceptors (Lipinski definition) is 2. The maximum Gasteiger partial charge on any atom is 0.227 e. The smallest absolute Gasteiger partial charge is 0.227 e. The molecule has 0 atom stereocenters. The van der Waals surface area contributed by atoms with Crippen molar-refractivity contribution in [1.29, 1.82) is 0 Å². The second-order valence-electron chi connectivity index (χ2n) is 7.63. The van der Waals surface area contributed by atoms with Crippen molar-refractivity contribution < 1.29 is 9.18 Å². The summed E-state index contributed by atoms with van der Waals surface area (Å²) >= 11 is 0. The highest BCUT2D eigenvalue weighted by molar-refractivity contribution is 5.78. The summed E-state index contributed by atoms with van der Waals surface area (Å²) in [6.45, 7) is 3.70. The monoisotopic (exact) mass is 368 g/mol. The number of carbonyl (C=O) groups is 1. The highest BCUT2D eigenvalue weighted by Crippen LogP contribution is 2.18. The minimum atomic E-state index is -0.286. The summed E-state index contributed by atoms with van der Waals surface area (Å²) in [5.74, 6) is 0.357. The number of piperidine rings is 1. The van der Waals surface area contributed by atoms with Gasteiger partial charge in [-0.15, -0.1) is 0 Å². The van der Waals surface area contributed by atoms with Crippen LogP contribution in [0.25, 0.3) is 0 Å².